The largest absolute Gasteiger partial charge is 0.354 e. The van der Waals surface area contributed by atoms with Gasteiger partial charge in [-0.15, -0.1) is 0 Å². The predicted octanol–water partition coefficient (Wildman–Crippen LogP) is 1.84. The highest BCUT2D eigenvalue weighted by Gasteiger charge is 2.25. The Morgan fingerprint density at radius 3 is 2.22 bits per heavy atom. The van der Waals surface area contributed by atoms with Crippen molar-refractivity contribution < 1.29 is 9.59 Å². The number of hydrogen-bond acceptors (Lipinski definition) is 4. The van der Waals surface area contributed by atoms with Crippen LogP contribution in [0, 0.1) is 0 Å². The van der Waals surface area contributed by atoms with E-state index in [0.29, 0.717) is 12.1 Å². The lowest BCUT2D eigenvalue weighted by atomic mass is 10.2. The van der Waals surface area contributed by atoms with E-state index >= 15 is 0 Å². The summed E-state index contributed by atoms with van der Waals surface area (Å²) in [5, 5.41) is 5.94. The Labute approximate surface area is 116 Å². The summed E-state index contributed by atoms with van der Waals surface area (Å²) < 4.78 is 0. The van der Waals surface area contributed by atoms with Gasteiger partial charge in [-0.25, -0.2) is 0 Å². The van der Waals surface area contributed by atoms with Crippen LogP contribution in [0.2, 0.25) is 0 Å². The minimum absolute atomic E-state index is 0.326. The first-order valence-electron chi connectivity index (χ1n) is 6.68. The summed E-state index contributed by atoms with van der Waals surface area (Å²) in [6, 6.07) is 0.780. The topological polar surface area (TPSA) is 58.2 Å². The van der Waals surface area contributed by atoms with E-state index in [1.165, 1.54) is 0 Å². The SMILES string of the molecule is CC.CCCCC=O.CNC1CSCC1NC=O. The van der Waals surface area contributed by atoms with E-state index in [1.807, 2.05) is 32.7 Å². The molecule has 2 unspecified atom stereocenters. The van der Waals surface area contributed by atoms with Gasteiger partial charge in [0.1, 0.15) is 6.29 Å². The molecule has 0 aromatic heterocycles. The number of nitrogens with one attached hydrogen (secondary N) is 2. The van der Waals surface area contributed by atoms with Gasteiger partial charge in [-0.2, -0.15) is 11.8 Å². The maximum atomic E-state index is 10.1. The van der Waals surface area contributed by atoms with Crippen molar-refractivity contribution >= 4 is 24.5 Å². The molecule has 0 aromatic carbocycles. The van der Waals surface area contributed by atoms with Crippen LogP contribution in [0.1, 0.15) is 40.0 Å². The van der Waals surface area contributed by atoms with Crippen molar-refractivity contribution in [2.75, 3.05) is 18.6 Å². The molecule has 108 valence electrons. The Bertz CT molecular complexity index is 192. The quantitative estimate of drug-likeness (QED) is 0.574. The molecule has 1 saturated heterocycles. The zero-order valence-corrected chi connectivity index (χ0v) is 12.9. The lowest BCUT2D eigenvalue weighted by molar-refractivity contribution is -0.110. The molecule has 0 saturated carbocycles. The Kier molecular flexibility index (Phi) is 18.1. The average Bonchev–Trinajstić information content (AvgIpc) is 2.87. The summed E-state index contributed by atoms with van der Waals surface area (Å²) in [5.74, 6) is 2.13. The van der Waals surface area contributed by atoms with Crippen molar-refractivity contribution in [3.05, 3.63) is 0 Å². The molecule has 0 radical (unpaired) electrons. The molecule has 1 aliphatic rings. The molecule has 0 aliphatic carbocycles. The van der Waals surface area contributed by atoms with E-state index in [0.717, 1.165) is 43.5 Å². The molecule has 2 N–H and O–H groups in total. The minimum atomic E-state index is 0.326. The summed E-state index contributed by atoms with van der Waals surface area (Å²) in [7, 11) is 1.93. The number of amides is 1. The van der Waals surface area contributed by atoms with Crippen LogP contribution in [-0.4, -0.2) is 43.3 Å². The molecule has 5 heteroatoms. The van der Waals surface area contributed by atoms with Gasteiger partial charge < -0.3 is 15.4 Å². The first-order valence-corrected chi connectivity index (χ1v) is 7.83. The van der Waals surface area contributed by atoms with Crippen molar-refractivity contribution in [3.63, 3.8) is 0 Å². The van der Waals surface area contributed by atoms with Crippen LogP contribution >= 0.6 is 11.8 Å². The molecular weight excluding hydrogens is 248 g/mol. The minimum Gasteiger partial charge on any atom is -0.354 e. The first kappa shape index (κ1) is 19.8. The number of carbonyl (C=O) groups excluding carboxylic acids is 2. The molecule has 0 bridgehead atoms. The number of rotatable bonds is 6. The zero-order chi connectivity index (χ0) is 14.2. The second kappa shape index (κ2) is 16.4. The van der Waals surface area contributed by atoms with E-state index in [2.05, 4.69) is 17.6 Å². The van der Waals surface area contributed by atoms with Crippen LogP contribution in [0.3, 0.4) is 0 Å². The maximum Gasteiger partial charge on any atom is 0.207 e. The fourth-order valence-corrected chi connectivity index (χ4v) is 2.75. The van der Waals surface area contributed by atoms with Gasteiger partial charge in [-0.05, 0) is 13.5 Å². The normalized spacial score (nSPS) is 20.9. The number of carbonyl (C=O) groups is 2. The smallest absolute Gasteiger partial charge is 0.207 e. The third-order valence-electron chi connectivity index (χ3n) is 2.41. The Balaban J connectivity index is 0. The zero-order valence-electron chi connectivity index (χ0n) is 12.1. The third kappa shape index (κ3) is 10.6. The van der Waals surface area contributed by atoms with Crippen molar-refractivity contribution in [2.45, 2.75) is 52.1 Å². The first-order chi connectivity index (χ1) is 8.79. The van der Waals surface area contributed by atoms with Gasteiger partial charge in [-0.1, -0.05) is 27.2 Å². The number of likely N-dealkylation sites (N-methyl/N-ethyl adjacent to an activating group) is 1. The van der Waals surface area contributed by atoms with Gasteiger partial charge in [0.2, 0.25) is 6.41 Å². The summed E-state index contributed by atoms with van der Waals surface area (Å²) >= 11 is 1.87. The van der Waals surface area contributed by atoms with Gasteiger partial charge in [0.05, 0.1) is 6.04 Å². The van der Waals surface area contributed by atoms with Crippen LogP contribution < -0.4 is 10.6 Å². The molecule has 1 heterocycles. The molecule has 0 aromatic rings. The Morgan fingerprint density at radius 2 is 1.83 bits per heavy atom. The number of aldehydes is 1. The Morgan fingerprint density at radius 1 is 1.22 bits per heavy atom. The fraction of sp³-hybridized carbons (Fsp3) is 0.846. The van der Waals surface area contributed by atoms with Crippen molar-refractivity contribution in [3.8, 4) is 0 Å². The molecule has 1 amide bonds. The second-order valence-electron chi connectivity index (χ2n) is 3.63. The van der Waals surface area contributed by atoms with Crippen molar-refractivity contribution in [1.29, 1.82) is 0 Å². The fourth-order valence-electron chi connectivity index (χ4n) is 1.38. The summed E-state index contributed by atoms with van der Waals surface area (Å²) in [4.78, 5) is 19.6. The molecule has 1 rings (SSSR count). The number of unbranched alkanes of at least 4 members (excludes halogenated alkanes) is 2. The van der Waals surface area contributed by atoms with E-state index in [-0.39, 0.29) is 0 Å². The van der Waals surface area contributed by atoms with E-state index in [1.54, 1.807) is 0 Å². The summed E-state index contributed by atoms with van der Waals surface area (Å²) in [6.07, 6.45) is 4.64. The average molecular weight is 276 g/mol. The van der Waals surface area contributed by atoms with Crippen molar-refractivity contribution in [1.82, 2.24) is 10.6 Å². The standard InChI is InChI=1S/C6H12N2OS.C5H10O.C2H6/c1-7-5-2-10-3-6(5)8-4-9;1-2-3-4-5-6;1-2/h4-7H,2-3H2,1H3,(H,8,9);5H,2-4H2,1H3;1-2H3. The van der Waals surface area contributed by atoms with Crippen molar-refractivity contribution in [2.24, 2.45) is 0 Å². The van der Waals surface area contributed by atoms with E-state index in [9.17, 15) is 9.59 Å². The second-order valence-corrected chi connectivity index (χ2v) is 4.71. The third-order valence-corrected chi connectivity index (χ3v) is 3.60. The summed E-state index contributed by atoms with van der Waals surface area (Å²) in [6.45, 7) is 6.07. The molecule has 2 atom stereocenters. The Hall–Kier alpha value is -0.550. The molecule has 1 aliphatic heterocycles. The maximum absolute atomic E-state index is 10.1. The molecule has 1 fully saturated rings. The highest BCUT2D eigenvalue weighted by atomic mass is 32.2. The monoisotopic (exact) mass is 276 g/mol. The van der Waals surface area contributed by atoms with E-state index < -0.39 is 0 Å². The van der Waals surface area contributed by atoms with Crippen LogP contribution in [-0.2, 0) is 9.59 Å². The molecule has 4 nitrogen and oxygen atoms in total. The van der Waals surface area contributed by atoms with E-state index in [4.69, 9.17) is 0 Å². The highest BCUT2D eigenvalue weighted by molar-refractivity contribution is 7.99. The summed E-state index contributed by atoms with van der Waals surface area (Å²) in [5.41, 5.74) is 0. The van der Waals surface area contributed by atoms with Gasteiger partial charge in [0.15, 0.2) is 0 Å². The molecule has 0 spiro atoms. The van der Waals surface area contributed by atoms with Crippen LogP contribution in [0.5, 0.6) is 0 Å². The molecular formula is C13H28N2O2S. The van der Waals surface area contributed by atoms with Crippen LogP contribution in [0.25, 0.3) is 0 Å². The lowest BCUT2D eigenvalue weighted by Crippen LogP contribution is -2.45. The van der Waals surface area contributed by atoms with Gasteiger partial charge in [0, 0.05) is 24.0 Å². The highest BCUT2D eigenvalue weighted by Crippen LogP contribution is 2.17. The van der Waals surface area contributed by atoms with Crippen LogP contribution in [0.4, 0.5) is 0 Å². The van der Waals surface area contributed by atoms with Crippen LogP contribution in [0.15, 0.2) is 0 Å². The number of hydrogen-bond donors (Lipinski definition) is 2. The molecule has 18 heavy (non-hydrogen) atoms. The van der Waals surface area contributed by atoms with Gasteiger partial charge >= 0.3 is 0 Å². The lowest BCUT2D eigenvalue weighted by Gasteiger charge is -2.16. The van der Waals surface area contributed by atoms with Gasteiger partial charge in [-0.3, -0.25) is 4.79 Å². The number of thioether (sulfide) groups is 1. The van der Waals surface area contributed by atoms with Gasteiger partial charge in [0.25, 0.3) is 0 Å². The predicted molar refractivity (Wildman–Crippen MR) is 80.1 cm³/mol.